The molecular formula is C13H26N2O2. The molecule has 100 valence electrons. The highest BCUT2D eigenvalue weighted by Crippen LogP contribution is 2.14. The van der Waals surface area contributed by atoms with E-state index in [1.54, 1.807) is 0 Å². The van der Waals surface area contributed by atoms with Gasteiger partial charge in [0.25, 0.3) is 0 Å². The minimum Gasteiger partial charge on any atom is -0.379 e. The molecule has 0 aliphatic carbocycles. The van der Waals surface area contributed by atoms with Crippen LogP contribution < -0.4 is 10.6 Å². The zero-order valence-electron chi connectivity index (χ0n) is 11.3. The predicted octanol–water partition coefficient (Wildman–Crippen LogP) is 1.16. The summed E-state index contributed by atoms with van der Waals surface area (Å²) in [5.41, 5.74) is 0. The quantitative estimate of drug-likeness (QED) is 0.704. The van der Waals surface area contributed by atoms with Crippen molar-refractivity contribution in [2.45, 2.75) is 39.7 Å². The van der Waals surface area contributed by atoms with Crippen LogP contribution in [0.1, 0.15) is 33.6 Å². The molecule has 0 saturated carbocycles. The molecule has 2 N–H and O–H groups in total. The van der Waals surface area contributed by atoms with Gasteiger partial charge in [-0.3, -0.25) is 4.79 Å². The van der Waals surface area contributed by atoms with E-state index < -0.39 is 0 Å². The molecule has 17 heavy (non-hydrogen) atoms. The minimum absolute atomic E-state index is 0.0197. The molecule has 0 radical (unpaired) electrons. The van der Waals surface area contributed by atoms with Crippen LogP contribution in [0.3, 0.4) is 0 Å². The van der Waals surface area contributed by atoms with Gasteiger partial charge < -0.3 is 15.4 Å². The Morgan fingerprint density at radius 2 is 2.12 bits per heavy atom. The van der Waals surface area contributed by atoms with Crippen molar-refractivity contribution in [3.05, 3.63) is 0 Å². The number of hydrogen-bond donors (Lipinski definition) is 2. The Morgan fingerprint density at radius 1 is 1.35 bits per heavy atom. The Morgan fingerprint density at radius 3 is 2.76 bits per heavy atom. The summed E-state index contributed by atoms with van der Waals surface area (Å²) in [5.74, 6) is 0.745. The van der Waals surface area contributed by atoms with Gasteiger partial charge in [0.2, 0.25) is 5.91 Å². The number of ether oxygens (including phenoxy) is 1. The first-order chi connectivity index (χ1) is 8.15. The smallest absolute Gasteiger partial charge is 0.227 e. The molecule has 1 aliphatic rings. The summed E-state index contributed by atoms with van der Waals surface area (Å²) in [5, 5.41) is 6.38. The number of carbonyl (C=O) groups is 1. The van der Waals surface area contributed by atoms with Gasteiger partial charge in [-0.25, -0.2) is 0 Å². The lowest BCUT2D eigenvalue weighted by molar-refractivity contribution is -0.125. The molecule has 0 aromatic carbocycles. The SMILES string of the molecule is CCCNC1COCC1C(=O)NCCC(C)C. The maximum atomic E-state index is 12.0. The van der Waals surface area contributed by atoms with Crippen LogP contribution in [0.15, 0.2) is 0 Å². The van der Waals surface area contributed by atoms with E-state index in [0.29, 0.717) is 19.1 Å². The number of nitrogens with one attached hydrogen (secondary N) is 2. The van der Waals surface area contributed by atoms with Gasteiger partial charge in [-0.1, -0.05) is 20.8 Å². The highest BCUT2D eigenvalue weighted by Gasteiger charge is 2.33. The first-order valence-corrected chi connectivity index (χ1v) is 6.74. The van der Waals surface area contributed by atoms with E-state index in [1.165, 1.54) is 0 Å². The number of carbonyl (C=O) groups excluding carboxylic acids is 1. The monoisotopic (exact) mass is 242 g/mol. The van der Waals surface area contributed by atoms with Gasteiger partial charge >= 0.3 is 0 Å². The number of amides is 1. The van der Waals surface area contributed by atoms with Crippen LogP contribution in [0, 0.1) is 11.8 Å². The molecule has 4 nitrogen and oxygen atoms in total. The second kappa shape index (κ2) is 7.67. The summed E-state index contributed by atoms with van der Waals surface area (Å²) in [6.45, 7) is 9.38. The minimum atomic E-state index is -0.0197. The Hall–Kier alpha value is -0.610. The standard InChI is InChI=1S/C13H26N2O2/c1-4-6-14-12-9-17-8-11(12)13(16)15-7-5-10(2)3/h10-12,14H,4-9H2,1-3H3,(H,15,16). The summed E-state index contributed by atoms with van der Waals surface area (Å²) >= 11 is 0. The van der Waals surface area contributed by atoms with Gasteiger partial charge in [-0.2, -0.15) is 0 Å². The molecule has 4 heteroatoms. The van der Waals surface area contributed by atoms with Gasteiger partial charge in [0.15, 0.2) is 0 Å². The fourth-order valence-corrected chi connectivity index (χ4v) is 1.96. The fraction of sp³-hybridized carbons (Fsp3) is 0.923. The molecule has 0 aromatic heterocycles. The first kappa shape index (κ1) is 14.5. The lowest BCUT2D eigenvalue weighted by atomic mass is 10.0. The summed E-state index contributed by atoms with van der Waals surface area (Å²) in [4.78, 5) is 12.0. The van der Waals surface area contributed by atoms with E-state index in [0.717, 1.165) is 25.9 Å². The Labute approximate surface area is 104 Å². The third kappa shape index (κ3) is 5.04. The average molecular weight is 242 g/mol. The zero-order valence-corrected chi connectivity index (χ0v) is 11.3. The third-order valence-corrected chi connectivity index (χ3v) is 3.09. The highest BCUT2D eigenvalue weighted by molar-refractivity contribution is 5.79. The van der Waals surface area contributed by atoms with Gasteiger partial charge in [0.05, 0.1) is 19.1 Å². The highest BCUT2D eigenvalue weighted by atomic mass is 16.5. The van der Waals surface area contributed by atoms with Gasteiger partial charge in [-0.15, -0.1) is 0 Å². The molecule has 1 amide bonds. The first-order valence-electron chi connectivity index (χ1n) is 6.74. The van der Waals surface area contributed by atoms with Gasteiger partial charge in [0.1, 0.15) is 0 Å². The van der Waals surface area contributed by atoms with Crippen LogP contribution in [0.2, 0.25) is 0 Å². The van der Waals surface area contributed by atoms with E-state index in [2.05, 4.69) is 31.4 Å². The molecular weight excluding hydrogens is 216 g/mol. The average Bonchev–Trinajstić information content (AvgIpc) is 2.73. The number of rotatable bonds is 7. The number of hydrogen-bond acceptors (Lipinski definition) is 3. The lowest BCUT2D eigenvalue weighted by Crippen LogP contribution is -2.44. The maximum Gasteiger partial charge on any atom is 0.227 e. The summed E-state index contributed by atoms with van der Waals surface area (Å²) < 4.78 is 5.39. The molecule has 1 aliphatic heterocycles. The van der Waals surface area contributed by atoms with Crippen LogP contribution in [0.4, 0.5) is 0 Å². The largest absolute Gasteiger partial charge is 0.379 e. The zero-order chi connectivity index (χ0) is 12.7. The third-order valence-electron chi connectivity index (χ3n) is 3.09. The Kier molecular flexibility index (Phi) is 6.52. The van der Waals surface area contributed by atoms with Crippen LogP contribution in [0.5, 0.6) is 0 Å². The molecule has 1 saturated heterocycles. The molecule has 0 spiro atoms. The molecule has 1 fully saturated rings. The summed E-state index contributed by atoms with van der Waals surface area (Å²) in [6.07, 6.45) is 2.12. The molecule has 1 rings (SSSR count). The van der Waals surface area contributed by atoms with E-state index in [9.17, 15) is 4.79 Å². The Balaban J connectivity index is 2.28. The van der Waals surface area contributed by atoms with E-state index in [-0.39, 0.29) is 17.9 Å². The second-order valence-electron chi connectivity index (χ2n) is 5.18. The molecule has 0 bridgehead atoms. The molecule has 1 heterocycles. The van der Waals surface area contributed by atoms with Crippen LogP contribution >= 0.6 is 0 Å². The van der Waals surface area contributed by atoms with Crippen molar-refractivity contribution in [2.75, 3.05) is 26.3 Å². The van der Waals surface area contributed by atoms with Crippen molar-refractivity contribution in [3.63, 3.8) is 0 Å². The van der Waals surface area contributed by atoms with Crippen molar-refractivity contribution in [1.82, 2.24) is 10.6 Å². The van der Waals surface area contributed by atoms with Crippen molar-refractivity contribution in [2.24, 2.45) is 11.8 Å². The molecule has 0 aromatic rings. The van der Waals surface area contributed by atoms with E-state index >= 15 is 0 Å². The van der Waals surface area contributed by atoms with Gasteiger partial charge in [-0.05, 0) is 25.3 Å². The van der Waals surface area contributed by atoms with Crippen LogP contribution in [0.25, 0.3) is 0 Å². The molecule has 2 unspecified atom stereocenters. The lowest BCUT2D eigenvalue weighted by Gasteiger charge is -2.18. The van der Waals surface area contributed by atoms with Crippen LogP contribution in [-0.4, -0.2) is 38.3 Å². The van der Waals surface area contributed by atoms with Gasteiger partial charge in [0, 0.05) is 12.6 Å². The predicted molar refractivity (Wildman–Crippen MR) is 68.9 cm³/mol. The maximum absolute atomic E-state index is 12.0. The van der Waals surface area contributed by atoms with E-state index in [1.807, 2.05) is 0 Å². The summed E-state index contributed by atoms with van der Waals surface area (Å²) in [6, 6.07) is 0.189. The second-order valence-corrected chi connectivity index (χ2v) is 5.18. The van der Waals surface area contributed by atoms with Crippen molar-refractivity contribution < 1.29 is 9.53 Å². The fourth-order valence-electron chi connectivity index (χ4n) is 1.96. The normalized spacial score (nSPS) is 24.2. The van der Waals surface area contributed by atoms with Crippen molar-refractivity contribution in [3.8, 4) is 0 Å². The van der Waals surface area contributed by atoms with Crippen LogP contribution in [-0.2, 0) is 9.53 Å². The van der Waals surface area contributed by atoms with Crippen molar-refractivity contribution >= 4 is 5.91 Å². The van der Waals surface area contributed by atoms with Crippen molar-refractivity contribution in [1.29, 1.82) is 0 Å². The molecule has 2 atom stereocenters. The topological polar surface area (TPSA) is 50.4 Å². The summed E-state index contributed by atoms with van der Waals surface area (Å²) in [7, 11) is 0. The Bertz CT molecular complexity index is 231. The van der Waals surface area contributed by atoms with E-state index in [4.69, 9.17) is 4.74 Å².